The Hall–Kier alpha value is -1.16. The monoisotopic (exact) mass is 178 g/mol. The van der Waals surface area contributed by atoms with Crippen molar-refractivity contribution < 1.29 is 0 Å². The largest absolute Gasteiger partial charge is 0.266 e. The molecule has 0 amide bonds. The van der Waals surface area contributed by atoms with E-state index < -0.39 is 0 Å². The Kier molecular flexibility index (Phi) is 1.91. The van der Waals surface area contributed by atoms with E-state index in [-0.39, 0.29) is 0 Å². The molecule has 0 bridgehead atoms. The van der Waals surface area contributed by atoms with Crippen LogP contribution < -0.4 is 0 Å². The van der Waals surface area contributed by atoms with Crippen molar-refractivity contribution in [1.29, 1.82) is 0 Å². The van der Waals surface area contributed by atoms with E-state index in [0.717, 1.165) is 17.2 Å². The van der Waals surface area contributed by atoms with Gasteiger partial charge in [-0.3, -0.25) is 4.68 Å². The summed E-state index contributed by atoms with van der Waals surface area (Å²) in [6.07, 6.45) is 3.47. The molecule has 0 N–H and O–H groups in total. The second-order valence-electron chi connectivity index (χ2n) is 2.50. The van der Waals surface area contributed by atoms with E-state index >= 15 is 0 Å². The van der Waals surface area contributed by atoms with Crippen LogP contribution in [0.2, 0.25) is 0 Å². The Morgan fingerprint density at radius 3 is 3.17 bits per heavy atom. The zero-order chi connectivity index (χ0) is 8.39. The third-order valence-electron chi connectivity index (χ3n) is 1.49. The number of aryl methyl sites for hydroxylation is 1. The van der Waals surface area contributed by atoms with Crippen LogP contribution in [-0.4, -0.2) is 14.8 Å². The molecule has 1 radical (unpaired) electrons. The lowest BCUT2D eigenvalue weighted by molar-refractivity contribution is 0.675. The average Bonchev–Trinajstić information content (AvgIpc) is 2.63. The molecule has 0 aliphatic carbocycles. The zero-order valence-corrected chi connectivity index (χ0v) is 7.51. The first-order chi connectivity index (χ1) is 5.84. The van der Waals surface area contributed by atoms with Gasteiger partial charge in [-0.05, 0) is 6.92 Å². The lowest BCUT2D eigenvalue weighted by atomic mass is 10.5. The summed E-state index contributed by atoms with van der Waals surface area (Å²) in [6.45, 7) is 2.75. The van der Waals surface area contributed by atoms with E-state index in [1.165, 1.54) is 0 Å². The summed E-state index contributed by atoms with van der Waals surface area (Å²) in [5, 5.41) is 7.20. The van der Waals surface area contributed by atoms with E-state index in [2.05, 4.69) is 21.5 Å². The molecule has 0 aliphatic rings. The molecular formula is C8H8N3S. The molecule has 0 saturated heterocycles. The first kappa shape index (κ1) is 7.49. The van der Waals surface area contributed by atoms with Crippen LogP contribution in [0.15, 0.2) is 17.8 Å². The normalized spacial score (nSPS) is 10.4. The highest BCUT2D eigenvalue weighted by atomic mass is 32.1. The van der Waals surface area contributed by atoms with Gasteiger partial charge in [-0.2, -0.15) is 5.10 Å². The van der Waals surface area contributed by atoms with Crippen LogP contribution in [0.1, 0.15) is 10.7 Å². The van der Waals surface area contributed by atoms with Gasteiger partial charge in [0, 0.05) is 17.6 Å². The van der Waals surface area contributed by atoms with Gasteiger partial charge in [0.2, 0.25) is 0 Å². The van der Waals surface area contributed by atoms with E-state index in [9.17, 15) is 0 Å². The van der Waals surface area contributed by atoms with E-state index in [0.29, 0.717) is 0 Å². The second-order valence-corrected chi connectivity index (χ2v) is 3.56. The summed E-state index contributed by atoms with van der Waals surface area (Å²) in [5.41, 5.74) is 1.06. The maximum Gasteiger partial charge on any atom is 0.0898 e. The molecule has 3 nitrogen and oxygen atoms in total. The lowest BCUT2D eigenvalue weighted by Crippen LogP contribution is -1.99. The molecule has 61 valence electrons. The van der Waals surface area contributed by atoms with Crippen molar-refractivity contribution in [2.75, 3.05) is 0 Å². The van der Waals surface area contributed by atoms with Gasteiger partial charge in [0.05, 0.1) is 23.4 Å². The average molecular weight is 178 g/mol. The number of rotatable bonds is 2. The molecule has 0 atom stereocenters. The Morgan fingerprint density at radius 2 is 2.58 bits per heavy atom. The predicted octanol–water partition coefficient (Wildman–Crippen LogP) is 1.50. The van der Waals surface area contributed by atoms with Crippen molar-refractivity contribution in [3.05, 3.63) is 34.5 Å². The van der Waals surface area contributed by atoms with E-state index in [4.69, 9.17) is 0 Å². The fourth-order valence-corrected chi connectivity index (χ4v) is 1.60. The van der Waals surface area contributed by atoms with Gasteiger partial charge < -0.3 is 0 Å². The van der Waals surface area contributed by atoms with Gasteiger partial charge in [0.25, 0.3) is 0 Å². The maximum atomic E-state index is 4.33. The van der Waals surface area contributed by atoms with Crippen LogP contribution in [0.5, 0.6) is 0 Å². The fraction of sp³-hybridized carbons (Fsp3) is 0.250. The second kappa shape index (κ2) is 3.06. The van der Waals surface area contributed by atoms with Crippen molar-refractivity contribution in [1.82, 2.24) is 14.8 Å². The molecule has 0 aromatic carbocycles. The maximum absolute atomic E-state index is 4.33. The molecule has 0 fully saturated rings. The highest BCUT2D eigenvalue weighted by molar-refractivity contribution is 7.09. The fourth-order valence-electron chi connectivity index (χ4n) is 0.994. The molecular weight excluding hydrogens is 170 g/mol. The summed E-state index contributed by atoms with van der Waals surface area (Å²) >= 11 is 1.66. The summed E-state index contributed by atoms with van der Waals surface area (Å²) in [6, 6.07) is 2.88. The Labute approximate surface area is 74.7 Å². The predicted molar refractivity (Wildman–Crippen MR) is 47.0 cm³/mol. The summed E-state index contributed by atoms with van der Waals surface area (Å²) in [4.78, 5) is 4.33. The van der Waals surface area contributed by atoms with E-state index in [1.807, 2.05) is 17.8 Å². The molecule has 4 heteroatoms. The van der Waals surface area contributed by atoms with Gasteiger partial charge in [0.15, 0.2) is 0 Å². The summed E-state index contributed by atoms with van der Waals surface area (Å²) in [7, 11) is 0. The quantitative estimate of drug-likeness (QED) is 0.697. The van der Waals surface area contributed by atoms with Crippen LogP contribution in [0.3, 0.4) is 0 Å². The number of thiazole rings is 1. The first-order valence-electron chi connectivity index (χ1n) is 3.64. The van der Waals surface area contributed by atoms with Crippen LogP contribution in [0.4, 0.5) is 0 Å². The Balaban J connectivity index is 2.14. The van der Waals surface area contributed by atoms with Crippen LogP contribution in [0.25, 0.3) is 0 Å². The van der Waals surface area contributed by atoms with Crippen molar-refractivity contribution >= 4 is 11.3 Å². The number of hydrogen-bond donors (Lipinski definition) is 0. The lowest BCUT2D eigenvalue weighted by Gasteiger charge is -1.95. The van der Waals surface area contributed by atoms with Crippen molar-refractivity contribution in [3.63, 3.8) is 0 Å². The van der Waals surface area contributed by atoms with Crippen molar-refractivity contribution in [2.45, 2.75) is 13.5 Å². The molecule has 2 heterocycles. The van der Waals surface area contributed by atoms with Crippen molar-refractivity contribution in [2.24, 2.45) is 0 Å². The summed E-state index contributed by atoms with van der Waals surface area (Å²) in [5.74, 6) is 0. The minimum Gasteiger partial charge on any atom is -0.266 e. The van der Waals surface area contributed by atoms with Gasteiger partial charge in [-0.1, -0.05) is 0 Å². The zero-order valence-electron chi connectivity index (χ0n) is 6.69. The third kappa shape index (κ3) is 1.53. The highest BCUT2D eigenvalue weighted by Gasteiger charge is 1.98. The Bertz CT molecular complexity index is 350. The topological polar surface area (TPSA) is 30.7 Å². The minimum atomic E-state index is 0.744. The molecule has 2 aromatic rings. The standard InChI is InChI=1S/C8H8N3S/c1-7-10-8(6-12-7)5-11-4-2-3-9-11/h3-4,6H,5H2,1H3. The smallest absolute Gasteiger partial charge is 0.0898 e. The SMILES string of the molecule is Cc1nc(Cn2c[c]cn2)cs1. The molecule has 0 spiro atoms. The van der Waals surface area contributed by atoms with Crippen LogP contribution in [0, 0.1) is 13.0 Å². The number of aromatic nitrogens is 3. The van der Waals surface area contributed by atoms with Gasteiger partial charge in [-0.25, -0.2) is 4.98 Å². The highest BCUT2D eigenvalue weighted by Crippen LogP contribution is 2.08. The number of nitrogens with zero attached hydrogens (tertiary/aromatic N) is 3. The first-order valence-corrected chi connectivity index (χ1v) is 4.52. The van der Waals surface area contributed by atoms with Gasteiger partial charge in [0.1, 0.15) is 0 Å². The summed E-state index contributed by atoms with van der Waals surface area (Å²) < 4.78 is 1.81. The minimum absolute atomic E-state index is 0.744. The van der Waals surface area contributed by atoms with Crippen molar-refractivity contribution in [3.8, 4) is 0 Å². The molecule has 2 rings (SSSR count). The van der Waals surface area contributed by atoms with Crippen LogP contribution >= 0.6 is 11.3 Å². The van der Waals surface area contributed by atoms with E-state index in [1.54, 1.807) is 17.5 Å². The molecule has 0 saturated carbocycles. The number of hydrogen-bond acceptors (Lipinski definition) is 3. The van der Waals surface area contributed by atoms with Gasteiger partial charge >= 0.3 is 0 Å². The van der Waals surface area contributed by atoms with Crippen LogP contribution in [-0.2, 0) is 6.54 Å². The molecule has 0 unspecified atom stereocenters. The Morgan fingerprint density at radius 1 is 1.67 bits per heavy atom. The molecule has 12 heavy (non-hydrogen) atoms. The molecule has 2 aromatic heterocycles. The molecule has 0 aliphatic heterocycles. The third-order valence-corrected chi connectivity index (χ3v) is 2.32. The van der Waals surface area contributed by atoms with Gasteiger partial charge in [-0.15, -0.1) is 11.3 Å².